The number of likely N-dealkylation sites (tertiary alicyclic amines) is 1. The molecule has 7 rings (SSSR count). The molecule has 0 bridgehead atoms. The van der Waals surface area contributed by atoms with Crippen LogP contribution >= 0.6 is 11.3 Å². The van der Waals surface area contributed by atoms with Crippen LogP contribution < -0.4 is 5.32 Å². The number of nitrogens with zero attached hydrogens (tertiary/aromatic N) is 5. The Hall–Kier alpha value is -3.70. The summed E-state index contributed by atoms with van der Waals surface area (Å²) in [5, 5.41) is 5.35. The van der Waals surface area contributed by atoms with E-state index < -0.39 is 23.8 Å². The van der Waals surface area contributed by atoms with Gasteiger partial charge in [0.25, 0.3) is 11.8 Å². The number of amides is 5. The van der Waals surface area contributed by atoms with E-state index in [2.05, 4.69) is 10.2 Å². The third kappa shape index (κ3) is 4.02. The predicted octanol–water partition coefficient (Wildman–Crippen LogP) is 3.32. The molecule has 0 unspecified atom stereocenters. The zero-order valence-corrected chi connectivity index (χ0v) is 22.5. The summed E-state index contributed by atoms with van der Waals surface area (Å²) in [6.07, 6.45) is 5.57. The number of urea groups is 1. The summed E-state index contributed by atoms with van der Waals surface area (Å²) in [5.41, 5.74) is 4.22. The highest BCUT2D eigenvalue weighted by Crippen LogP contribution is 2.41. The van der Waals surface area contributed by atoms with Gasteiger partial charge < -0.3 is 0 Å². The predicted molar refractivity (Wildman–Crippen MR) is 143 cm³/mol. The Balaban J connectivity index is 1.05. The summed E-state index contributed by atoms with van der Waals surface area (Å²) >= 11 is 1.84. The second-order valence-electron chi connectivity index (χ2n) is 10.8. The fraction of sp³-hybridized carbons (Fsp3) is 0.429. The maximum Gasteiger partial charge on any atom is 0.343 e. The third-order valence-electron chi connectivity index (χ3n) is 8.29. The topological polar surface area (TPSA) is 116 Å². The Morgan fingerprint density at radius 2 is 1.77 bits per heavy atom. The van der Waals surface area contributed by atoms with Crippen LogP contribution in [0.2, 0.25) is 0 Å². The van der Waals surface area contributed by atoms with Crippen LogP contribution in [0.5, 0.6) is 0 Å². The van der Waals surface area contributed by atoms with Gasteiger partial charge in [0.15, 0.2) is 0 Å². The lowest BCUT2D eigenvalue weighted by Crippen LogP contribution is -2.58. The molecule has 200 valence electrons. The lowest BCUT2D eigenvalue weighted by molar-refractivity contribution is -0.122. The van der Waals surface area contributed by atoms with Crippen LogP contribution in [-0.4, -0.2) is 68.3 Å². The fourth-order valence-electron chi connectivity index (χ4n) is 6.39. The van der Waals surface area contributed by atoms with E-state index in [0.717, 1.165) is 65.0 Å². The highest BCUT2D eigenvalue weighted by molar-refractivity contribution is 7.18. The largest absolute Gasteiger partial charge is 0.343 e. The molecule has 11 heteroatoms. The van der Waals surface area contributed by atoms with Crippen molar-refractivity contribution in [3.8, 4) is 0 Å². The molecule has 2 aromatic heterocycles. The Morgan fingerprint density at radius 3 is 2.56 bits per heavy atom. The van der Waals surface area contributed by atoms with Crippen molar-refractivity contribution in [1.82, 2.24) is 30.2 Å². The van der Waals surface area contributed by atoms with E-state index in [1.165, 1.54) is 27.9 Å². The first-order chi connectivity index (χ1) is 18.9. The third-order valence-corrected chi connectivity index (χ3v) is 9.47. The summed E-state index contributed by atoms with van der Waals surface area (Å²) in [5.74, 6) is -0.248. The number of imide groups is 2. The smallest absolute Gasteiger partial charge is 0.299 e. The molecule has 0 atom stereocenters. The number of aromatic nitrogens is 2. The van der Waals surface area contributed by atoms with Gasteiger partial charge in [-0.05, 0) is 75.4 Å². The van der Waals surface area contributed by atoms with Gasteiger partial charge in [0, 0.05) is 29.1 Å². The summed E-state index contributed by atoms with van der Waals surface area (Å²) in [7, 11) is 0. The maximum atomic E-state index is 13.1. The number of fused-ring (bicyclic) bond motifs is 4. The lowest BCUT2D eigenvalue weighted by Gasteiger charge is -2.32. The molecule has 10 nitrogen and oxygen atoms in total. The van der Waals surface area contributed by atoms with Crippen LogP contribution in [0.15, 0.2) is 18.2 Å². The van der Waals surface area contributed by atoms with E-state index in [-0.39, 0.29) is 18.5 Å². The van der Waals surface area contributed by atoms with Crippen molar-refractivity contribution in [2.45, 2.75) is 57.9 Å². The number of thiophene rings is 1. The normalized spacial score (nSPS) is 20.2. The number of benzene rings is 1. The number of hydrazine groups is 1. The van der Waals surface area contributed by atoms with Crippen LogP contribution in [-0.2, 0) is 24.2 Å². The Labute approximate surface area is 229 Å². The highest BCUT2D eigenvalue weighted by Gasteiger charge is 2.43. The molecule has 5 heterocycles. The molecule has 2 fully saturated rings. The SMILES string of the molecule is Cc1nc(C2CCN(Cc3ccc4c(c3)C(=O)N(N3CCC(=O)NC3=O)C4=O)CC2)c2c3c(sc2n1)CCC3. The minimum Gasteiger partial charge on any atom is -0.299 e. The van der Waals surface area contributed by atoms with Crippen molar-refractivity contribution >= 4 is 45.3 Å². The number of hydrogen-bond donors (Lipinski definition) is 1. The van der Waals surface area contributed by atoms with E-state index in [0.29, 0.717) is 18.0 Å². The van der Waals surface area contributed by atoms with E-state index in [1.807, 2.05) is 24.3 Å². The zero-order chi connectivity index (χ0) is 26.8. The first-order valence-corrected chi connectivity index (χ1v) is 14.3. The van der Waals surface area contributed by atoms with Crippen molar-refractivity contribution in [3.05, 3.63) is 56.8 Å². The quantitative estimate of drug-likeness (QED) is 0.501. The number of hydrogen-bond acceptors (Lipinski definition) is 8. The molecule has 0 saturated carbocycles. The molecule has 3 aliphatic heterocycles. The molecule has 4 aliphatic rings. The van der Waals surface area contributed by atoms with Crippen LogP contribution in [0.25, 0.3) is 10.2 Å². The monoisotopic (exact) mass is 544 g/mol. The molecule has 0 spiro atoms. The number of piperidine rings is 1. The van der Waals surface area contributed by atoms with E-state index >= 15 is 0 Å². The Kier molecular flexibility index (Phi) is 5.74. The minimum atomic E-state index is -0.757. The first-order valence-electron chi connectivity index (χ1n) is 13.5. The molecule has 1 aromatic carbocycles. The lowest BCUT2D eigenvalue weighted by atomic mass is 9.90. The van der Waals surface area contributed by atoms with Gasteiger partial charge in [-0.1, -0.05) is 6.07 Å². The summed E-state index contributed by atoms with van der Waals surface area (Å²) in [6.45, 7) is 4.48. The number of aryl methyl sites for hydroxylation is 3. The number of carbonyl (C=O) groups excluding carboxylic acids is 4. The molecule has 1 aliphatic carbocycles. The molecule has 1 N–H and O–H groups in total. The first kappa shape index (κ1) is 24.3. The second-order valence-corrected chi connectivity index (χ2v) is 11.9. The van der Waals surface area contributed by atoms with Crippen molar-refractivity contribution in [2.75, 3.05) is 19.6 Å². The van der Waals surface area contributed by atoms with Gasteiger partial charge in [-0.15, -0.1) is 11.3 Å². The van der Waals surface area contributed by atoms with Crippen molar-refractivity contribution in [3.63, 3.8) is 0 Å². The molecular formula is C28H28N6O4S. The second kappa shape index (κ2) is 9.20. The van der Waals surface area contributed by atoms with Gasteiger partial charge in [-0.25, -0.2) is 19.8 Å². The number of nitrogens with one attached hydrogen (secondary N) is 1. The summed E-state index contributed by atoms with van der Waals surface area (Å²) in [4.78, 5) is 64.6. The van der Waals surface area contributed by atoms with Crippen LogP contribution in [0.4, 0.5) is 4.79 Å². The maximum absolute atomic E-state index is 13.1. The summed E-state index contributed by atoms with van der Waals surface area (Å²) < 4.78 is 0. The van der Waals surface area contributed by atoms with Gasteiger partial charge >= 0.3 is 6.03 Å². The Bertz CT molecular complexity index is 1570. The average Bonchev–Trinajstić information content (AvgIpc) is 3.57. The molecule has 39 heavy (non-hydrogen) atoms. The molecule has 3 aromatic rings. The highest BCUT2D eigenvalue weighted by atomic mass is 32.1. The zero-order valence-electron chi connectivity index (χ0n) is 21.7. The molecular weight excluding hydrogens is 516 g/mol. The average molecular weight is 545 g/mol. The van der Waals surface area contributed by atoms with Gasteiger partial charge in [0.05, 0.1) is 23.4 Å². The molecule has 0 radical (unpaired) electrons. The van der Waals surface area contributed by atoms with Gasteiger partial charge in [-0.2, -0.15) is 5.01 Å². The van der Waals surface area contributed by atoms with Crippen LogP contribution in [0, 0.1) is 6.92 Å². The van der Waals surface area contributed by atoms with Crippen molar-refractivity contribution in [2.24, 2.45) is 0 Å². The van der Waals surface area contributed by atoms with Gasteiger partial charge in [-0.3, -0.25) is 24.6 Å². The van der Waals surface area contributed by atoms with Crippen molar-refractivity contribution in [1.29, 1.82) is 0 Å². The molecule has 2 saturated heterocycles. The van der Waals surface area contributed by atoms with Crippen LogP contribution in [0.1, 0.15) is 79.8 Å². The molecule has 5 amide bonds. The van der Waals surface area contributed by atoms with E-state index in [1.54, 1.807) is 12.1 Å². The van der Waals surface area contributed by atoms with Crippen LogP contribution in [0.3, 0.4) is 0 Å². The number of rotatable bonds is 4. The minimum absolute atomic E-state index is 0.00964. The van der Waals surface area contributed by atoms with E-state index in [9.17, 15) is 19.2 Å². The van der Waals surface area contributed by atoms with Crippen molar-refractivity contribution < 1.29 is 19.2 Å². The Morgan fingerprint density at radius 1 is 0.974 bits per heavy atom. The van der Waals surface area contributed by atoms with Gasteiger partial charge in [0.1, 0.15) is 10.7 Å². The fourth-order valence-corrected chi connectivity index (χ4v) is 7.71. The number of carbonyl (C=O) groups is 4. The summed E-state index contributed by atoms with van der Waals surface area (Å²) in [6, 6.07) is 4.56. The van der Waals surface area contributed by atoms with E-state index in [4.69, 9.17) is 9.97 Å². The van der Waals surface area contributed by atoms with Gasteiger partial charge in [0.2, 0.25) is 5.91 Å². The standard InChI is InChI=1S/C28H28N6O4S/c1-15-29-24(23-19-3-2-4-21(19)39-25(23)30-15)17-7-10-32(11-8-17)14-16-5-6-18-20(13-16)27(37)34(26(18)36)33-12-9-22(35)31-28(33)38/h5-6,13,17H,2-4,7-12,14H2,1H3,(H,31,35,38).